The summed E-state index contributed by atoms with van der Waals surface area (Å²) in [5.41, 5.74) is 0. The van der Waals surface area contributed by atoms with Crippen LogP contribution in [0.1, 0.15) is 6.92 Å². The van der Waals surface area contributed by atoms with Crippen molar-refractivity contribution in [1.29, 1.82) is 0 Å². The van der Waals surface area contributed by atoms with E-state index >= 15 is 0 Å². The summed E-state index contributed by atoms with van der Waals surface area (Å²) in [6, 6.07) is 0.136. The molecule has 0 spiro atoms. The molecule has 1 aliphatic rings. The van der Waals surface area contributed by atoms with Crippen molar-refractivity contribution in [3.8, 4) is 0 Å². The number of nitrogens with zero attached hydrogens (tertiary/aromatic N) is 2. The summed E-state index contributed by atoms with van der Waals surface area (Å²) >= 11 is 0. The fourth-order valence-electron chi connectivity index (χ4n) is 1.30. The Balaban J connectivity index is 2.75. The molecule has 1 heterocycles. The van der Waals surface area contributed by atoms with Gasteiger partial charge >= 0.3 is 0 Å². The number of nitrogens with one attached hydrogen (secondary N) is 1. The molecule has 1 fully saturated rings. The molecular formula is C7H17N3O2S. The van der Waals surface area contributed by atoms with E-state index in [2.05, 4.69) is 5.32 Å². The van der Waals surface area contributed by atoms with Gasteiger partial charge in [-0.3, -0.25) is 0 Å². The maximum absolute atomic E-state index is 11.7. The number of hydrogen-bond acceptors (Lipinski definition) is 3. The molecule has 0 aromatic carbocycles. The van der Waals surface area contributed by atoms with Crippen molar-refractivity contribution >= 4 is 10.2 Å². The SMILES string of the molecule is CCN(C1CNC1)S(=O)(=O)N(C)C. The molecule has 5 nitrogen and oxygen atoms in total. The number of likely N-dealkylation sites (N-methyl/N-ethyl adjacent to an activating group) is 1. The fraction of sp³-hybridized carbons (Fsp3) is 1.00. The van der Waals surface area contributed by atoms with E-state index in [4.69, 9.17) is 0 Å². The van der Waals surface area contributed by atoms with E-state index in [1.807, 2.05) is 6.92 Å². The van der Waals surface area contributed by atoms with Crippen LogP contribution in [0.25, 0.3) is 0 Å². The van der Waals surface area contributed by atoms with Gasteiger partial charge in [-0.2, -0.15) is 17.0 Å². The Morgan fingerprint density at radius 2 is 1.92 bits per heavy atom. The maximum atomic E-state index is 11.7. The first-order valence-electron chi connectivity index (χ1n) is 4.40. The highest BCUT2D eigenvalue weighted by atomic mass is 32.2. The second-order valence-corrected chi connectivity index (χ2v) is 5.40. The van der Waals surface area contributed by atoms with Crippen molar-refractivity contribution in [2.45, 2.75) is 13.0 Å². The van der Waals surface area contributed by atoms with E-state index in [0.29, 0.717) is 6.54 Å². The predicted octanol–water partition coefficient (Wildman–Crippen LogP) is -0.913. The van der Waals surface area contributed by atoms with E-state index in [-0.39, 0.29) is 6.04 Å². The molecule has 0 atom stereocenters. The zero-order valence-electron chi connectivity index (χ0n) is 8.32. The van der Waals surface area contributed by atoms with E-state index in [9.17, 15) is 8.42 Å². The van der Waals surface area contributed by atoms with Gasteiger partial charge in [-0.25, -0.2) is 0 Å². The molecule has 1 N–H and O–H groups in total. The van der Waals surface area contributed by atoms with E-state index in [1.165, 1.54) is 8.61 Å². The summed E-state index contributed by atoms with van der Waals surface area (Å²) < 4.78 is 26.2. The van der Waals surface area contributed by atoms with Gasteiger partial charge in [0.2, 0.25) is 0 Å². The summed E-state index contributed by atoms with van der Waals surface area (Å²) in [7, 11) is -0.103. The number of hydrogen-bond donors (Lipinski definition) is 1. The first kappa shape index (κ1) is 10.9. The Morgan fingerprint density at radius 1 is 1.38 bits per heavy atom. The van der Waals surface area contributed by atoms with Gasteiger partial charge in [0.1, 0.15) is 0 Å². The normalized spacial score (nSPS) is 19.5. The summed E-state index contributed by atoms with van der Waals surface area (Å²) in [5, 5.41) is 3.06. The third-order valence-electron chi connectivity index (χ3n) is 2.24. The third-order valence-corrected chi connectivity index (χ3v) is 4.31. The highest BCUT2D eigenvalue weighted by Crippen LogP contribution is 2.12. The zero-order valence-corrected chi connectivity index (χ0v) is 9.13. The zero-order chi connectivity index (χ0) is 10.1. The molecular weight excluding hydrogens is 190 g/mol. The summed E-state index contributed by atoms with van der Waals surface area (Å²) in [5.74, 6) is 0. The minimum Gasteiger partial charge on any atom is -0.313 e. The smallest absolute Gasteiger partial charge is 0.281 e. The van der Waals surface area contributed by atoms with Crippen molar-refractivity contribution in [2.75, 3.05) is 33.7 Å². The lowest BCUT2D eigenvalue weighted by atomic mass is 10.2. The molecule has 6 heteroatoms. The fourth-order valence-corrected chi connectivity index (χ4v) is 2.57. The van der Waals surface area contributed by atoms with Crippen LogP contribution in [0.3, 0.4) is 0 Å². The highest BCUT2D eigenvalue weighted by molar-refractivity contribution is 7.86. The van der Waals surface area contributed by atoms with Crippen LogP contribution >= 0.6 is 0 Å². The minimum absolute atomic E-state index is 0.136. The molecule has 78 valence electrons. The van der Waals surface area contributed by atoms with Crippen LogP contribution in [0.4, 0.5) is 0 Å². The third kappa shape index (κ3) is 2.01. The molecule has 1 saturated heterocycles. The van der Waals surface area contributed by atoms with Gasteiger partial charge in [0.25, 0.3) is 10.2 Å². The van der Waals surface area contributed by atoms with Crippen molar-refractivity contribution in [2.24, 2.45) is 0 Å². The Morgan fingerprint density at radius 3 is 2.15 bits per heavy atom. The molecule has 0 unspecified atom stereocenters. The maximum Gasteiger partial charge on any atom is 0.281 e. The van der Waals surface area contributed by atoms with Gasteiger partial charge < -0.3 is 5.32 Å². The Hall–Kier alpha value is -0.170. The van der Waals surface area contributed by atoms with Crippen LogP contribution in [0.15, 0.2) is 0 Å². The van der Waals surface area contributed by atoms with Crippen molar-refractivity contribution in [3.05, 3.63) is 0 Å². The molecule has 0 radical (unpaired) electrons. The molecule has 0 aromatic rings. The monoisotopic (exact) mass is 207 g/mol. The Bertz CT molecular complexity index is 259. The van der Waals surface area contributed by atoms with Crippen LogP contribution in [0.2, 0.25) is 0 Å². The average molecular weight is 207 g/mol. The predicted molar refractivity (Wildman–Crippen MR) is 51.6 cm³/mol. The molecule has 0 amide bonds. The van der Waals surface area contributed by atoms with Crippen LogP contribution in [0, 0.1) is 0 Å². The quantitative estimate of drug-likeness (QED) is 0.649. The van der Waals surface area contributed by atoms with Gasteiger partial charge in [0.05, 0.1) is 6.04 Å². The lowest BCUT2D eigenvalue weighted by Crippen LogP contribution is -2.60. The topological polar surface area (TPSA) is 52.7 Å². The largest absolute Gasteiger partial charge is 0.313 e. The molecule has 1 rings (SSSR count). The number of rotatable bonds is 4. The van der Waals surface area contributed by atoms with Crippen molar-refractivity contribution in [1.82, 2.24) is 13.9 Å². The van der Waals surface area contributed by atoms with E-state index < -0.39 is 10.2 Å². The summed E-state index contributed by atoms with van der Waals surface area (Å²) in [6.07, 6.45) is 0. The first-order valence-corrected chi connectivity index (χ1v) is 5.80. The second-order valence-electron chi connectivity index (χ2n) is 3.31. The van der Waals surface area contributed by atoms with E-state index in [1.54, 1.807) is 14.1 Å². The Kier molecular flexibility index (Phi) is 3.28. The molecule has 0 bridgehead atoms. The lowest BCUT2D eigenvalue weighted by Gasteiger charge is -2.37. The van der Waals surface area contributed by atoms with Gasteiger partial charge in [0, 0.05) is 33.7 Å². The molecule has 0 aromatic heterocycles. The molecule has 13 heavy (non-hydrogen) atoms. The van der Waals surface area contributed by atoms with Gasteiger partial charge in [-0.1, -0.05) is 6.92 Å². The van der Waals surface area contributed by atoms with Crippen LogP contribution in [0.5, 0.6) is 0 Å². The molecule has 0 saturated carbocycles. The Labute approximate surface area is 79.9 Å². The van der Waals surface area contributed by atoms with E-state index in [0.717, 1.165) is 13.1 Å². The standard InChI is InChI=1S/C7H17N3O2S/c1-4-10(7-5-8-6-7)13(11,12)9(2)3/h7-8H,4-6H2,1-3H3. The highest BCUT2D eigenvalue weighted by Gasteiger charge is 2.33. The van der Waals surface area contributed by atoms with Crippen LogP contribution < -0.4 is 5.32 Å². The second kappa shape index (κ2) is 3.91. The minimum atomic E-state index is -3.22. The summed E-state index contributed by atoms with van der Waals surface area (Å²) in [6.45, 7) is 3.92. The van der Waals surface area contributed by atoms with Crippen LogP contribution in [-0.4, -0.2) is 56.8 Å². The van der Waals surface area contributed by atoms with Gasteiger partial charge in [0.15, 0.2) is 0 Å². The van der Waals surface area contributed by atoms with Gasteiger partial charge in [-0.05, 0) is 0 Å². The molecule has 1 aliphatic heterocycles. The van der Waals surface area contributed by atoms with Crippen molar-refractivity contribution < 1.29 is 8.42 Å². The average Bonchev–Trinajstić information content (AvgIpc) is 1.95. The van der Waals surface area contributed by atoms with Crippen molar-refractivity contribution in [3.63, 3.8) is 0 Å². The summed E-state index contributed by atoms with van der Waals surface area (Å²) in [4.78, 5) is 0. The molecule has 0 aliphatic carbocycles. The first-order chi connectivity index (χ1) is 6.00. The lowest BCUT2D eigenvalue weighted by molar-refractivity contribution is 0.238. The van der Waals surface area contributed by atoms with Gasteiger partial charge in [-0.15, -0.1) is 0 Å². The van der Waals surface area contributed by atoms with Crippen LogP contribution in [-0.2, 0) is 10.2 Å².